The lowest BCUT2D eigenvalue weighted by molar-refractivity contribution is 0.473. The van der Waals surface area contributed by atoms with Gasteiger partial charge in [-0.2, -0.15) is 0 Å². The molecule has 0 spiro atoms. The van der Waals surface area contributed by atoms with Gasteiger partial charge in [0.2, 0.25) is 0 Å². The highest BCUT2D eigenvalue weighted by atomic mass is 35.5. The van der Waals surface area contributed by atoms with E-state index < -0.39 is 0 Å². The molecule has 1 heterocycles. The first-order chi connectivity index (χ1) is 6.68. The summed E-state index contributed by atoms with van der Waals surface area (Å²) in [5.41, 5.74) is 1.38. The number of rotatable bonds is 1. The zero-order chi connectivity index (χ0) is 10.1. The van der Waals surface area contributed by atoms with Crippen LogP contribution in [0.25, 0.3) is 11.3 Å². The van der Waals surface area contributed by atoms with Gasteiger partial charge in [-0.05, 0) is 24.6 Å². The molecule has 3 nitrogen and oxygen atoms in total. The second-order valence-corrected chi connectivity index (χ2v) is 3.39. The average molecular weight is 210 g/mol. The van der Waals surface area contributed by atoms with Crippen LogP contribution in [0.3, 0.4) is 0 Å². The lowest BCUT2D eigenvalue weighted by Gasteiger charge is -2.03. The van der Waals surface area contributed by atoms with Crippen molar-refractivity contribution in [3.8, 4) is 17.1 Å². The van der Waals surface area contributed by atoms with Gasteiger partial charge < -0.3 is 9.52 Å². The number of phenolic OH excluding ortho intramolecular Hbond substituents is 1. The monoisotopic (exact) mass is 209 g/mol. The maximum atomic E-state index is 9.64. The minimum absolute atomic E-state index is 0.142. The van der Waals surface area contributed by atoms with Crippen molar-refractivity contribution in [1.29, 1.82) is 0 Å². The molecule has 1 aromatic heterocycles. The van der Waals surface area contributed by atoms with Gasteiger partial charge >= 0.3 is 0 Å². The summed E-state index contributed by atoms with van der Waals surface area (Å²) in [6, 6.07) is 3.26. The molecule has 0 atom stereocenters. The van der Waals surface area contributed by atoms with Crippen molar-refractivity contribution in [3.05, 3.63) is 35.3 Å². The number of oxazole rings is 1. The first kappa shape index (κ1) is 9.09. The smallest absolute Gasteiger partial charge is 0.181 e. The Balaban J connectivity index is 2.60. The highest BCUT2D eigenvalue weighted by Gasteiger charge is 2.09. The lowest BCUT2D eigenvalue weighted by atomic mass is 10.1. The topological polar surface area (TPSA) is 46.3 Å². The first-order valence-electron chi connectivity index (χ1n) is 4.06. The summed E-state index contributed by atoms with van der Waals surface area (Å²) in [4.78, 5) is 3.77. The Hall–Kier alpha value is -1.48. The van der Waals surface area contributed by atoms with Crippen LogP contribution in [0.5, 0.6) is 5.75 Å². The van der Waals surface area contributed by atoms with Crippen LogP contribution in [0.2, 0.25) is 5.02 Å². The maximum Gasteiger partial charge on any atom is 0.181 e. The number of aromatic nitrogens is 1. The van der Waals surface area contributed by atoms with Crippen LogP contribution in [-0.2, 0) is 0 Å². The standard InChI is InChI=1S/C10H8ClNO2/c1-6-2-9(13)7(3-8(6)11)10-4-12-5-14-10/h2-5,13H,1H3. The lowest BCUT2D eigenvalue weighted by Crippen LogP contribution is -1.80. The molecule has 0 bridgehead atoms. The molecule has 0 aliphatic rings. The number of hydrogen-bond donors (Lipinski definition) is 1. The van der Waals surface area contributed by atoms with E-state index in [9.17, 15) is 5.11 Å². The van der Waals surface area contributed by atoms with Gasteiger partial charge in [-0.3, -0.25) is 0 Å². The Morgan fingerprint density at radius 1 is 1.43 bits per heavy atom. The van der Waals surface area contributed by atoms with Crippen molar-refractivity contribution in [1.82, 2.24) is 4.98 Å². The molecule has 1 aromatic carbocycles. The Morgan fingerprint density at radius 3 is 2.86 bits per heavy atom. The molecule has 2 rings (SSSR count). The van der Waals surface area contributed by atoms with E-state index in [0.29, 0.717) is 16.3 Å². The summed E-state index contributed by atoms with van der Waals surface area (Å²) in [6.07, 6.45) is 2.84. The molecule has 0 fully saturated rings. The molecule has 1 N–H and O–H groups in total. The summed E-state index contributed by atoms with van der Waals surface area (Å²) in [5.74, 6) is 0.646. The Kier molecular flexibility index (Phi) is 2.17. The second-order valence-electron chi connectivity index (χ2n) is 2.98. The van der Waals surface area contributed by atoms with Crippen LogP contribution in [-0.4, -0.2) is 10.1 Å². The fourth-order valence-electron chi connectivity index (χ4n) is 1.21. The SMILES string of the molecule is Cc1cc(O)c(-c2cnco2)cc1Cl. The van der Waals surface area contributed by atoms with E-state index in [1.54, 1.807) is 12.1 Å². The molecule has 2 aromatic rings. The molecule has 72 valence electrons. The molecule has 0 saturated carbocycles. The van der Waals surface area contributed by atoms with Gasteiger partial charge in [0, 0.05) is 5.02 Å². The van der Waals surface area contributed by atoms with Crippen molar-refractivity contribution < 1.29 is 9.52 Å². The summed E-state index contributed by atoms with van der Waals surface area (Å²) < 4.78 is 5.07. The number of aromatic hydroxyl groups is 1. The third kappa shape index (κ3) is 1.46. The zero-order valence-electron chi connectivity index (χ0n) is 7.49. The molecule has 14 heavy (non-hydrogen) atoms. The normalized spacial score (nSPS) is 10.4. The van der Waals surface area contributed by atoms with E-state index >= 15 is 0 Å². The van der Waals surface area contributed by atoms with E-state index in [0.717, 1.165) is 5.56 Å². The molecular formula is C10H8ClNO2. The molecule has 0 aliphatic heterocycles. The summed E-state index contributed by atoms with van der Waals surface area (Å²) in [7, 11) is 0. The van der Waals surface area contributed by atoms with E-state index in [1.807, 2.05) is 6.92 Å². The number of hydrogen-bond acceptors (Lipinski definition) is 3. The molecule has 4 heteroatoms. The van der Waals surface area contributed by atoms with Gasteiger partial charge in [0.1, 0.15) is 5.75 Å². The number of halogens is 1. The molecule has 0 aliphatic carbocycles. The van der Waals surface area contributed by atoms with Crippen molar-refractivity contribution in [3.63, 3.8) is 0 Å². The molecule has 0 radical (unpaired) electrons. The number of phenols is 1. The van der Waals surface area contributed by atoms with Gasteiger partial charge in [0.15, 0.2) is 12.2 Å². The number of nitrogens with zero attached hydrogens (tertiary/aromatic N) is 1. The maximum absolute atomic E-state index is 9.64. The van der Waals surface area contributed by atoms with Crippen LogP contribution >= 0.6 is 11.6 Å². The van der Waals surface area contributed by atoms with Crippen LogP contribution in [0, 0.1) is 6.92 Å². The van der Waals surface area contributed by atoms with Gasteiger partial charge in [0.05, 0.1) is 11.8 Å². The Labute approximate surface area is 86.0 Å². The number of aryl methyl sites for hydroxylation is 1. The number of benzene rings is 1. The highest BCUT2D eigenvalue weighted by molar-refractivity contribution is 6.31. The van der Waals surface area contributed by atoms with Crippen molar-refractivity contribution in [2.75, 3.05) is 0 Å². The van der Waals surface area contributed by atoms with Crippen LogP contribution < -0.4 is 0 Å². The van der Waals surface area contributed by atoms with Crippen molar-refractivity contribution in [2.45, 2.75) is 6.92 Å². The van der Waals surface area contributed by atoms with E-state index in [-0.39, 0.29) is 5.75 Å². The quantitative estimate of drug-likeness (QED) is 0.785. The van der Waals surface area contributed by atoms with Crippen LogP contribution in [0.15, 0.2) is 29.1 Å². The molecule has 0 amide bonds. The minimum Gasteiger partial charge on any atom is -0.507 e. The van der Waals surface area contributed by atoms with Gasteiger partial charge in [0.25, 0.3) is 0 Å². The minimum atomic E-state index is 0.142. The third-order valence-corrected chi connectivity index (χ3v) is 2.38. The molecule has 0 unspecified atom stereocenters. The molecular weight excluding hydrogens is 202 g/mol. The Morgan fingerprint density at radius 2 is 2.21 bits per heavy atom. The van der Waals surface area contributed by atoms with Crippen LogP contribution in [0.4, 0.5) is 0 Å². The van der Waals surface area contributed by atoms with Crippen molar-refractivity contribution in [2.24, 2.45) is 0 Å². The van der Waals surface area contributed by atoms with Gasteiger partial charge in [-0.25, -0.2) is 4.98 Å². The second kappa shape index (κ2) is 3.35. The van der Waals surface area contributed by atoms with E-state index in [2.05, 4.69) is 4.98 Å². The fraction of sp³-hybridized carbons (Fsp3) is 0.100. The van der Waals surface area contributed by atoms with E-state index in [1.165, 1.54) is 12.6 Å². The Bertz CT molecular complexity index is 451. The van der Waals surface area contributed by atoms with Crippen molar-refractivity contribution >= 4 is 11.6 Å². The first-order valence-corrected chi connectivity index (χ1v) is 4.44. The van der Waals surface area contributed by atoms with Gasteiger partial charge in [-0.15, -0.1) is 0 Å². The van der Waals surface area contributed by atoms with E-state index in [4.69, 9.17) is 16.0 Å². The zero-order valence-corrected chi connectivity index (χ0v) is 8.25. The summed E-state index contributed by atoms with van der Waals surface area (Å²) in [5, 5.41) is 10.2. The highest BCUT2D eigenvalue weighted by Crippen LogP contribution is 2.33. The largest absolute Gasteiger partial charge is 0.507 e. The van der Waals surface area contributed by atoms with Gasteiger partial charge in [-0.1, -0.05) is 11.6 Å². The molecule has 0 saturated heterocycles. The fourth-order valence-corrected chi connectivity index (χ4v) is 1.38. The predicted molar refractivity (Wildman–Crippen MR) is 53.4 cm³/mol. The van der Waals surface area contributed by atoms with Crippen LogP contribution in [0.1, 0.15) is 5.56 Å². The predicted octanol–water partition coefficient (Wildman–Crippen LogP) is 3.01. The summed E-state index contributed by atoms with van der Waals surface area (Å²) in [6.45, 7) is 1.83. The third-order valence-electron chi connectivity index (χ3n) is 1.97. The summed E-state index contributed by atoms with van der Waals surface area (Å²) >= 11 is 5.93. The average Bonchev–Trinajstić information content (AvgIpc) is 2.64.